The fraction of sp³-hybridized carbons (Fsp3) is 0.263. The largest absolute Gasteiger partial charge is 0.497 e. The summed E-state index contributed by atoms with van der Waals surface area (Å²) in [5.41, 5.74) is 1.06. The van der Waals surface area contributed by atoms with Gasteiger partial charge in [0.2, 0.25) is 15.9 Å². The number of amides is 1. The highest BCUT2D eigenvalue weighted by molar-refractivity contribution is 7.89. The summed E-state index contributed by atoms with van der Waals surface area (Å²) >= 11 is 0. The minimum absolute atomic E-state index is 0.0479. The molecule has 0 aliphatic carbocycles. The Morgan fingerprint density at radius 3 is 2.32 bits per heavy atom. The Morgan fingerprint density at radius 2 is 1.75 bits per heavy atom. The number of carbonyl (C=O) groups excluding carboxylic acids is 1. The highest BCUT2D eigenvalue weighted by Crippen LogP contribution is 2.31. The van der Waals surface area contributed by atoms with Crippen molar-refractivity contribution >= 4 is 27.6 Å². The molecule has 0 fully saturated rings. The third-order valence-electron chi connectivity index (χ3n) is 4.64. The Labute approximate surface area is 163 Å². The molecule has 0 spiro atoms. The van der Waals surface area contributed by atoms with Gasteiger partial charge in [0, 0.05) is 19.2 Å². The number of carbonyl (C=O) groups is 2. The van der Waals surface area contributed by atoms with Gasteiger partial charge in [0.1, 0.15) is 11.8 Å². The molecule has 148 valence electrons. The molecule has 1 N–H and O–H groups in total. The van der Waals surface area contributed by atoms with Crippen LogP contribution < -0.4 is 9.64 Å². The molecule has 28 heavy (non-hydrogen) atoms. The van der Waals surface area contributed by atoms with E-state index in [1.54, 1.807) is 24.3 Å². The normalized spacial score (nSPS) is 17.5. The SMILES string of the molecule is COc1ccc(S(=O)(=O)N2Cc3ccccc3N(C(C)=O)CC2C(=O)O)cc1. The molecule has 0 aromatic heterocycles. The van der Waals surface area contributed by atoms with Gasteiger partial charge in [0.05, 0.1) is 18.6 Å². The molecular formula is C19H20N2O6S. The molecule has 9 heteroatoms. The topological polar surface area (TPSA) is 104 Å². The van der Waals surface area contributed by atoms with Gasteiger partial charge in [-0.2, -0.15) is 4.31 Å². The standard InChI is InChI=1S/C19H20N2O6S/c1-13(22)20-12-18(19(23)24)21(11-14-5-3-4-6-17(14)20)28(25,26)16-9-7-15(27-2)8-10-16/h3-10,18H,11-12H2,1-2H3,(H,23,24). The number of nitrogens with zero attached hydrogens (tertiary/aromatic N) is 2. The predicted molar refractivity (Wildman–Crippen MR) is 102 cm³/mol. The van der Waals surface area contributed by atoms with Crippen LogP contribution in [0.5, 0.6) is 5.75 Å². The average molecular weight is 404 g/mol. The lowest BCUT2D eigenvalue weighted by atomic mass is 10.1. The molecule has 1 aliphatic rings. The lowest BCUT2D eigenvalue weighted by Gasteiger charge is -2.28. The number of rotatable bonds is 4. The van der Waals surface area contributed by atoms with Crippen molar-refractivity contribution in [3.8, 4) is 5.75 Å². The maximum absolute atomic E-state index is 13.3. The van der Waals surface area contributed by atoms with Gasteiger partial charge in [0.25, 0.3) is 0 Å². The zero-order valence-electron chi connectivity index (χ0n) is 15.4. The average Bonchev–Trinajstić information content (AvgIpc) is 2.86. The third-order valence-corrected chi connectivity index (χ3v) is 6.51. The Morgan fingerprint density at radius 1 is 1.11 bits per heavy atom. The van der Waals surface area contributed by atoms with Gasteiger partial charge >= 0.3 is 5.97 Å². The van der Waals surface area contributed by atoms with E-state index >= 15 is 0 Å². The highest BCUT2D eigenvalue weighted by atomic mass is 32.2. The van der Waals surface area contributed by atoms with Crippen LogP contribution in [-0.2, 0) is 26.2 Å². The Balaban J connectivity index is 2.12. The number of ether oxygens (including phenoxy) is 1. The van der Waals surface area contributed by atoms with Crippen LogP contribution in [0.25, 0.3) is 0 Å². The smallest absolute Gasteiger partial charge is 0.323 e. The first kappa shape index (κ1) is 19.8. The number of anilines is 1. The molecule has 0 saturated carbocycles. The van der Waals surface area contributed by atoms with E-state index in [1.165, 1.54) is 43.2 Å². The van der Waals surface area contributed by atoms with Crippen LogP contribution in [0.1, 0.15) is 12.5 Å². The van der Waals surface area contributed by atoms with Crippen LogP contribution in [0.2, 0.25) is 0 Å². The predicted octanol–water partition coefficient (Wildman–Crippen LogP) is 1.71. The van der Waals surface area contributed by atoms with Crippen molar-refractivity contribution in [2.75, 3.05) is 18.6 Å². The molecule has 1 heterocycles. The fourth-order valence-corrected chi connectivity index (χ4v) is 4.74. The first-order chi connectivity index (χ1) is 13.3. The number of carboxylic acids is 1. The van der Waals surface area contributed by atoms with E-state index in [-0.39, 0.29) is 23.9 Å². The first-order valence-corrected chi connectivity index (χ1v) is 9.94. The van der Waals surface area contributed by atoms with Crippen molar-refractivity contribution in [1.82, 2.24) is 4.31 Å². The Kier molecular flexibility index (Phi) is 5.39. The van der Waals surface area contributed by atoms with E-state index in [0.29, 0.717) is 17.0 Å². The number of hydrogen-bond donors (Lipinski definition) is 1. The van der Waals surface area contributed by atoms with Crippen molar-refractivity contribution in [1.29, 1.82) is 0 Å². The molecule has 1 atom stereocenters. The minimum Gasteiger partial charge on any atom is -0.497 e. The second-order valence-electron chi connectivity index (χ2n) is 6.34. The Hall–Kier alpha value is -2.91. The quantitative estimate of drug-likeness (QED) is 0.832. The maximum Gasteiger partial charge on any atom is 0.323 e. The monoisotopic (exact) mass is 404 g/mol. The number of benzene rings is 2. The van der Waals surface area contributed by atoms with Crippen LogP contribution in [-0.4, -0.2) is 49.4 Å². The van der Waals surface area contributed by atoms with Crippen LogP contribution in [0.3, 0.4) is 0 Å². The summed E-state index contributed by atoms with van der Waals surface area (Å²) in [5, 5.41) is 9.74. The summed E-state index contributed by atoms with van der Waals surface area (Å²) in [4.78, 5) is 25.3. The molecule has 3 rings (SSSR count). The van der Waals surface area contributed by atoms with Gasteiger partial charge in [-0.05, 0) is 35.9 Å². The number of para-hydroxylation sites is 1. The highest BCUT2D eigenvalue weighted by Gasteiger charge is 2.41. The van der Waals surface area contributed by atoms with Gasteiger partial charge in [-0.1, -0.05) is 18.2 Å². The molecule has 1 amide bonds. The minimum atomic E-state index is -4.14. The second-order valence-corrected chi connectivity index (χ2v) is 8.23. The van der Waals surface area contributed by atoms with Gasteiger partial charge < -0.3 is 14.7 Å². The summed E-state index contributed by atoms with van der Waals surface area (Å²) in [6, 6.07) is 11.1. The summed E-state index contributed by atoms with van der Waals surface area (Å²) in [6.07, 6.45) is 0. The van der Waals surface area contributed by atoms with Gasteiger partial charge in [-0.15, -0.1) is 0 Å². The number of methoxy groups -OCH3 is 1. The number of sulfonamides is 1. The molecule has 2 aromatic rings. The number of carboxylic acid groups (broad SMARTS) is 1. The number of fused-ring (bicyclic) bond motifs is 1. The molecule has 2 aromatic carbocycles. The molecule has 8 nitrogen and oxygen atoms in total. The van der Waals surface area contributed by atoms with Crippen LogP contribution in [0, 0.1) is 0 Å². The molecular weight excluding hydrogens is 384 g/mol. The van der Waals surface area contributed by atoms with Gasteiger partial charge in [-0.25, -0.2) is 8.42 Å². The van der Waals surface area contributed by atoms with Crippen LogP contribution in [0.4, 0.5) is 5.69 Å². The van der Waals surface area contributed by atoms with Crippen molar-refractivity contribution in [2.24, 2.45) is 0 Å². The molecule has 0 radical (unpaired) electrons. The van der Waals surface area contributed by atoms with E-state index in [1.807, 2.05) is 0 Å². The number of hydrogen-bond acceptors (Lipinski definition) is 5. The molecule has 0 bridgehead atoms. The third kappa shape index (κ3) is 3.58. The van der Waals surface area contributed by atoms with Crippen molar-refractivity contribution < 1.29 is 27.9 Å². The van der Waals surface area contributed by atoms with E-state index in [4.69, 9.17) is 4.74 Å². The van der Waals surface area contributed by atoms with Crippen LogP contribution >= 0.6 is 0 Å². The lowest BCUT2D eigenvalue weighted by molar-refractivity contribution is -0.141. The van der Waals surface area contributed by atoms with E-state index in [9.17, 15) is 23.1 Å². The summed E-state index contributed by atoms with van der Waals surface area (Å²) < 4.78 is 32.5. The van der Waals surface area contributed by atoms with Gasteiger partial charge in [0.15, 0.2) is 0 Å². The summed E-state index contributed by atoms with van der Waals surface area (Å²) in [7, 11) is -2.67. The molecule has 1 unspecified atom stereocenters. The fourth-order valence-electron chi connectivity index (χ4n) is 3.18. The molecule has 1 aliphatic heterocycles. The summed E-state index contributed by atoms with van der Waals surface area (Å²) in [6.45, 7) is 0.881. The van der Waals surface area contributed by atoms with E-state index in [0.717, 1.165) is 4.31 Å². The molecule has 0 saturated heterocycles. The van der Waals surface area contributed by atoms with Gasteiger partial charge in [-0.3, -0.25) is 9.59 Å². The van der Waals surface area contributed by atoms with E-state index < -0.39 is 22.0 Å². The zero-order valence-corrected chi connectivity index (χ0v) is 16.2. The Bertz CT molecular complexity index is 1000. The van der Waals surface area contributed by atoms with Crippen molar-refractivity contribution in [3.63, 3.8) is 0 Å². The van der Waals surface area contributed by atoms with E-state index in [2.05, 4.69) is 0 Å². The first-order valence-electron chi connectivity index (χ1n) is 8.50. The van der Waals surface area contributed by atoms with Crippen molar-refractivity contribution in [3.05, 3.63) is 54.1 Å². The van der Waals surface area contributed by atoms with Crippen molar-refractivity contribution in [2.45, 2.75) is 24.4 Å². The second kappa shape index (κ2) is 7.61. The number of aliphatic carboxylic acids is 1. The summed E-state index contributed by atoms with van der Waals surface area (Å²) in [5.74, 6) is -1.20. The lowest BCUT2D eigenvalue weighted by Crippen LogP contribution is -2.49. The zero-order chi connectivity index (χ0) is 20.5. The maximum atomic E-state index is 13.3. The van der Waals surface area contributed by atoms with Crippen LogP contribution in [0.15, 0.2) is 53.4 Å².